The summed E-state index contributed by atoms with van der Waals surface area (Å²) in [5.74, 6) is -1.18. The van der Waals surface area contributed by atoms with Crippen LogP contribution in [0.2, 0.25) is 18.1 Å². The minimum atomic E-state index is -3.61. The molecule has 0 radical (unpaired) electrons. The zero-order valence-corrected chi connectivity index (χ0v) is 30.1. The fraction of sp³-hybridized carbons (Fsp3) is 0.545. The van der Waals surface area contributed by atoms with Crippen LogP contribution in [-0.4, -0.2) is 58.5 Å². The molecule has 1 aromatic heterocycles. The van der Waals surface area contributed by atoms with Crippen LogP contribution < -0.4 is 4.31 Å². The van der Waals surface area contributed by atoms with Crippen LogP contribution in [0.15, 0.2) is 36.4 Å². The topological polar surface area (TPSA) is 103 Å². The third kappa shape index (κ3) is 10.6. The Labute approximate surface area is 264 Å². The molecule has 1 atom stereocenters. The largest absolute Gasteiger partial charge is 0.460 e. The highest BCUT2D eigenvalue weighted by Crippen LogP contribution is 2.39. The number of carbonyl (C=O) groups is 2. The summed E-state index contributed by atoms with van der Waals surface area (Å²) in [5, 5.41) is -0.144. The molecule has 0 spiro atoms. The Morgan fingerprint density at radius 1 is 1.07 bits per heavy atom. The van der Waals surface area contributed by atoms with Crippen molar-refractivity contribution in [1.29, 1.82) is 0 Å². The predicted octanol–water partition coefficient (Wildman–Crippen LogP) is 7.50. The summed E-state index contributed by atoms with van der Waals surface area (Å²) in [4.78, 5) is 30.2. The highest BCUT2D eigenvalue weighted by molar-refractivity contribution is 7.92. The van der Waals surface area contributed by atoms with Gasteiger partial charge >= 0.3 is 5.97 Å². The van der Waals surface area contributed by atoms with E-state index in [-0.39, 0.29) is 35.4 Å². The number of benzene rings is 1. The lowest BCUT2D eigenvalue weighted by atomic mass is 9.93. The van der Waals surface area contributed by atoms with E-state index in [1.165, 1.54) is 19.2 Å². The van der Waals surface area contributed by atoms with Gasteiger partial charge in [0.15, 0.2) is 8.32 Å². The van der Waals surface area contributed by atoms with Crippen LogP contribution in [-0.2, 0) is 28.8 Å². The number of sulfonamides is 1. The molecule has 0 saturated carbocycles. The van der Waals surface area contributed by atoms with E-state index in [4.69, 9.17) is 14.1 Å². The first-order valence-electron chi connectivity index (χ1n) is 14.8. The van der Waals surface area contributed by atoms with E-state index < -0.39 is 41.8 Å². The van der Waals surface area contributed by atoms with Crippen LogP contribution in [0, 0.1) is 5.82 Å². The minimum absolute atomic E-state index is 0.0343. The lowest BCUT2D eigenvalue weighted by Gasteiger charge is -2.38. The lowest BCUT2D eigenvalue weighted by Crippen LogP contribution is -2.44. The number of anilines is 1. The zero-order chi connectivity index (χ0) is 33.8. The molecule has 0 aliphatic heterocycles. The second kappa shape index (κ2) is 14.0. The van der Waals surface area contributed by atoms with Gasteiger partial charge in [0.05, 0.1) is 18.1 Å². The molecule has 0 aliphatic rings. The molecule has 8 nitrogen and oxygen atoms in total. The molecule has 0 unspecified atom stereocenters. The molecule has 1 heterocycles. The van der Waals surface area contributed by atoms with E-state index in [1.54, 1.807) is 39.0 Å². The van der Waals surface area contributed by atoms with E-state index in [2.05, 4.69) is 33.9 Å². The number of ether oxygens (including phenoxy) is 1. The number of hydrogen-bond acceptors (Lipinski definition) is 7. The van der Waals surface area contributed by atoms with Crippen LogP contribution in [0.1, 0.15) is 85.4 Å². The normalized spacial score (nSPS) is 13.8. The van der Waals surface area contributed by atoms with Gasteiger partial charge in [-0.05, 0) is 74.1 Å². The maximum absolute atomic E-state index is 13.9. The highest BCUT2D eigenvalue weighted by atomic mass is 32.2. The van der Waals surface area contributed by atoms with Crippen molar-refractivity contribution < 1.29 is 31.6 Å². The van der Waals surface area contributed by atoms with Gasteiger partial charge in [0.1, 0.15) is 29.4 Å². The number of pyridine rings is 1. The number of ketones is 1. The standard InChI is InChI=1S/C33H49FN2O6SSi/c1-22(2)31-27(28(23-13-15-24(34)16-14-23)21-29(35-31)36(9)43(10,39)40)18-17-26(42-44(11,12)33(6,7)8)19-25(37)20-30(38)41-32(3,4)5/h13-18,21-22,26H,19-20H2,1-12H3/t26-/m1/s1. The Bertz CT molecular complexity index is 1470. The first-order valence-corrected chi connectivity index (χ1v) is 19.5. The van der Waals surface area contributed by atoms with Crippen LogP contribution in [0.5, 0.6) is 0 Å². The number of aromatic nitrogens is 1. The van der Waals surface area contributed by atoms with Gasteiger partial charge < -0.3 is 9.16 Å². The number of halogens is 1. The first kappa shape index (κ1) is 37.3. The Morgan fingerprint density at radius 3 is 2.11 bits per heavy atom. The molecule has 244 valence electrons. The average molecular weight is 649 g/mol. The summed E-state index contributed by atoms with van der Waals surface area (Å²) in [6.07, 6.45) is 3.70. The summed E-state index contributed by atoms with van der Waals surface area (Å²) in [5.41, 5.74) is 1.93. The fourth-order valence-corrected chi connectivity index (χ4v) is 5.82. The van der Waals surface area contributed by atoms with Gasteiger partial charge in [-0.3, -0.25) is 13.9 Å². The molecule has 0 N–H and O–H groups in total. The Kier molecular flexibility index (Phi) is 11.9. The molecule has 1 aromatic carbocycles. The van der Waals surface area contributed by atoms with Crippen molar-refractivity contribution in [3.63, 3.8) is 0 Å². The van der Waals surface area contributed by atoms with E-state index >= 15 is 0 Å². The van der Waals surface area contributed by atoms with Crippen molar-refractivity contribution in [3.8, 4) is 11.1 Å². The Balaban J connectivity index is 2.70. The van der Waals surface area contributed by atoms with Gasteiger partial charge in [-0.25, -0.2) is 17.8 Å². The molecule has 2 aromatic rings. The quantitative estimate of drug-likeness (QED) is 0.133. The molecule has 0 amide bonds. The Morgan fingerprint density at radius 2 is 1.64 bits per heavy atom. The van der Waals surface area contributed by atoms with E-state index in [9.17, 15) is 22.4 Å². The van der Waals surface area contributed by atoms with Gasteiger partial charge in [-0.1, -0.05) is 58.9 Å². The summed E-state index contributed by atoms with van der Waals surface area (Å²) < 4.78 is 51.9. The van der Waals surface area contributed by atoms with Gasteiger partial charge in [0.25, 0.3) is 0 Å². The van der Waals surface area contributed by atoms with E-state index in [1.807, 2.05) is 26.0 Å². The van der Waals surface area contributed by atoms with E-state index in [0.29, 0.717) is 22.4 Å². The number of carbonyl (C=O) groups excluding carboxylic acids is 2. The molecule has 11 heteroatoms. The SMILES string of the molecule is CC(C)c1nc(N(C)S(C)(=O)=O)cc(-c2ccc(F)cc2)c1C=C[C@H](CC(=O)CC(=O)OC(C)(C)C)O[Si](C)(C)C(C)(C)C. The third-order valence-electron chi connectivity index (χ3n) is 7.52. The van der Waals surface area contributed by atoms with Crippen LogP contribution in [0.25, 0.3) is 17.2 Å². The van der Waals surface area contributed by atoms with Crippen molar-refractivity contribution >= 4 is 42.0 Å². The van der Waals surface area contributed by atoms with Gasteiger partial charge in [0.2, 0.25) is 10.0 Å². The molecule has 44 heavy (non-hydrogen) atoms. The Hall–Kier alpha value is -2.89. The predicted molar refractivity (Wildman–Crippen MR) is 178 cm³/mol. The minimum Gasteiger partial charge on any atom is -0.460 e. The zero-order valence-electron chi connectivity index (χ0n) is 28.2. The summed E-state index contributed by atoms with van der Waals surface area (Å²) in [6.45, 7) is 19.6. The second-order valence-electron chi connectivity index (χ2n) is 14.0. The fourth-order valence-electron chi connectivity index (χ4n) is 4.12. The van der Waals surface area contributed by atoms with Crippen LogP contribution in [0.3, 0.4) is 0 Å². The molecule has 0 saturated heterocycles. The van der Waals surface area contributed by atoms with Crippen LogP contribution >= 0.6 is 0 Å². The number of Topliss-reactive ketones (excluding diaryl/α,β-unsaturated/α-hetero) is 1. The van der Waals surface area contributed by atoms with Gasteiger partial charge in [-0.2, -0.15) is 0 Å². The number of hydrogen-bond donors (Lipinski definition) is 0. The van der Waals surface area contributed by atoms with Crippen LogP contribution in [0.4, 0.5) is 10.2 Å². The van der Waals surface area contributed by atoms with Gasteiger partial charge in [0, 0.05) is 19.0 Å². The summed E-state index contributed by atoms with van der Waals surface area (Å²) in [6, 6.07) is 7.61. The van der Waals surface area contributed by atoms with Crippen molar-refractivity contribution in [2.24, 2.45) is 0 Å². The first-order chi connectivity index (χ1) is 19.9. The highest BCUT2D eigenvalue weighted by Gasteiger charge is 2.39. The summed E-state index contributed by atoms with van der Waals surface area (Å²) >= 11 is 0. The smallest absolute Gasteiger partial charge is 0.313 e. The summed E-state index contributed by atoms with van der Waals surface area (Å²) in [7, 11) is -4.54. The van der Waals surface area contributed by atoms with Crippen molar-refractivity contribution in [2.45, 2.75) is 104 Å². The lowest BCUT2D eigenvalue weighted by molar-refractivity contribution is -0.156. The molecule has 0 bridgehead atoms. The molecule has 0 fully saturated rings. The average Bonchev–Trinajstić information content (AvgIpc) is 2.84. The van der Waals surface area contributed by atoms with Crippen molar-refractivity contribution in [1.82, 2.24) is 4.98 Å². The maximum atomic E-state index is 13.9. The van der Waals surface area contributed by atoms with E-state index in [0.717, 1.165) is 10.6 Å². The van der Waals surface area contributed by atoms with Gasteiger partial charge in [-0.15, -0.1) is 0 Å². The molecule has 2 rings (SSSR count). The van der Waals surface area contributed by atoms with Crippen molar-refractivity contribution in [2.75, 3.05) is 17.6 Å². The number of nitrogens with zero attached hydrogens (tertiary/aromatic N) is 2. The third-order valence-corrected chi connectivity index (χ3v) is 13.2. The maximum Gasteiger partial charge on any atom is 0.313 e. The number of esters is 1. The van der Waals surface area contributed by atoms with Crippen molar-refractivity contribution in [3.05, 3.63) is 53.5 Å². The second-order valence-corrected chi connectivity index (χ2v) is 20.8. The monoisotopic (exact) mass is 648 g/mol. The molecular formula is C33H49FN2O6SSi. The molecular weight excluding hydrogens is 600 g/mol. The number of rotatable bonds is 12. The molecule has 0 aliphatic carbocycles.